The van der Waals surface area contributed by atoms with Gasteiger partial charge in [0.1, 0.15) is 11.5 Å². The Labute approximate surface area is 173 Å². The first-order chi connectivity index (χ1) is 13.9. The third-order valence-corrected chi connectivity index (χ3v) is 7.90. The highest BCUT2D eigenvalue weighted by molar-refractivity contribution is 7.89. The Morgan fingerprint density at radius 3 is 2.41 bits per heavy atom. The summed E-state index contributed by atoms with van der Waals surface area (Å²) >= 11 is 0. The van der Waals surface area contributed by atoms with Crippen molar-refractivity contribution in [2.24, 2.45) is 0 Å². The second kappa shape index (κ2) is 7.50. The lowest BCUT2D eigenvalue weighted by atomic mass is 9.68. The van der Waals surface area contributed by atoms with Gasteiger partial charge < -0.3 is 9.47 Å². The van der Waals surface area contributed by atoms with Crippen LogP contribution in [-0.4, -0.2) is 33.5 Å². The van der Waals surface area contributed by atoms with Crippen molar-refractivity contribution >= 4 is 10.0 Å². The van der Waals surface area contributed by atoms with Gasteiger partial charge in [-0.25, -0.2) is 8.42 Å². The smallest absolute Gasteiger partial charge is 0.243 e. The summed E-state index contributed by atoms with van der Waals surface area (Å²) in [7, 11) is -0.330. The monoisotopic (exact) mass is 413 g/mol. The van der Waals surface area contributed by atoms with Crippen LogP contribution in [0, 0.1) is 6.92 Å². The summed E-state index contributed by atoms with van der Waals surface area (Å²) in [4.78, 5) is 0.336. The van der Waals surface area contributed by atoms with Gasteiger partial charge in [0.2, 0.25) is 10.0 Å². The lowest BCUT2D eigenvalue weighted by Crippen LogP contribution is -2.48. The number of rotatable bonds is 4. The number of hydrogen-bond donors (Lipinski definition) is 0. The number of ether oxygens (including phenoxy) is 2. The van der Waals surface area contributed by atoms with Crippen LogP contribution < -0.4 is 9.47 Å². The van der Waals surface area contributed by atoms with E-state index in [-0.39, 0.29) is 5.41 Å². The van der Waals surface area contributed by atoms with E-state index in [1.54, 1.807) is 30.7 Å². The van der Waals surface area contributed by atoms with Gasteiger partial charge in [-0.2, -0.15) is 4.31 Å². The molecular weight excluding hydrogens is 386 g/mol. The van der Waals surface area contributed by atoms with Gasteiger partial charge in [0.25, 0.3) is 0 Å². The Morgan fingerprint density at radius 2 is 1.79 bits per heavy atom. The van der Waals surface area contributed by atoms with Gasteiger partial charge >= 0.3 is 0 Å². The standard InChI is InChI=1S/C23H27NO4S/c1-17-7-9-20(10-8-17)29(25,26)24-15-18-13-19(27-2)14-21(28-3)22(18)23(16-24)11-5-4-6-12-23/h4-5,7-10,13-14H,6,11-12,15-16H2,1-3H3/t23-/m0/s1. The summed E-state index contributed by atoms with van der Waals surface area (Å²) < 4.78 is 39.8. The van der Waals surface area contributed by atoms with Crippen molar-refractivity contribution in [2.45, 2.75) is 43.0 Å². The molecule has 0 saturated heterocycles. The lowest BCUT2D eigenvalue weighted by Gasteiger charge is -2.45. The van der Waals surface area contributed by atoms with E-state index < -0.39 is 10.0 Å². The highest BCUT2D eigenvalue weighted by atomic mass is 32.2. The molecule has 0 aromatic heterocycles. The molecule has 1 spiro atoms. The molecule has 0 fully saturated rings. The van der Waals surface area contributed by atoms with Crippen molar-refractivity contribution in [1.82, 2.24) is 4.31 Å². The van der Waals surface area contributed by atoms with E-state index >= 15 is 0 Å². The molecule has 0 N–H and O–H groups in total. The first-order valence-corrected chi connectivity index (χ1v) is 11.3. The molecule has 29 heavy (non-hydrogen) atoms. The Bertz CT molecular complexity index is 1040. The van der Waals surface area contributed by atoms with E-state index in [4.69, 9.17) is 9.47 Å². The topological polar surface area (TPSA) is 55.8 Å². The molecule has 1 heterocycles. The van der Waals surface area contributed by atoms with Crippen LogP contribution in [0.1, 0.15) is 36.0 Å². The molecule has 1 aliphatic heterocycles. The van der Waals surface area contributed by atoms with Crippen LogP contribution in [0.25, 0.3) is 0 Å². The van der Waals surface area contributed by atoms with Gasteiger partial charge in [0, 0.05) is 30.1 Å². The first kappa shape index (κ1) is 20.0. The van der Waals surface area contributed by atoms with Gasteiger partial charge in [0.15, 0.2) is 0 Å². The molecule has 6 heteroatoms. The molecule has 1 aliphatic carbocycles. The maximum absolute atomic E-state index is 13.5. The van der Waals surface area contributed by atoms with Crippen LogP contribution in [0.4, 0.5) is 0 Å². The van der Waals surface area contributed by atoms with Crippen molar-refractivity contribution in [3.63, 3.8) is 0 Å². The lowest BCUT2D eigenvalue weighted by molar-refractivity contribution is 0.239. The van der Waals surface area contributed by atoms with Crippen LogP contribution in [0.5, 0.6) is 11.5 Å². The second-order valence-corrected chi connectivity index (χ2v) is 9.88. The minimum absolute atomic E-state index is 0.294. The largest absolute Gasteiger partial charge is 0.497 e. The molecule has 0 radical (unpaired) electrons. The Morgan fingerprint density at radius 1 is 1.03 bits per heavy atom. The maximum atomic E-state index is 13.5. The van der Waals surface area contributed by atoms with Gasteiger partial charge in [-0.15, -0.1) is 0 Å². The molecule has 0 bridgehead atoms. The third-order valence-electron chi connectivity index (χ3n) is 6.09. The Balaban J connectivity index is 1.85. The average molecular weight is 414 g/mol. The van der Waals surface area contributed by atoms with Crippen molar-refractivity contribution in [3.8, 4) is 11.5 Å². The first-order valence-electron chi connectivity index (χ1n) is 9.87. The SMILES string of the molecule is COc1cc2c(c(OC)c1)[C@]1(CC=CCC1)CN(S(=O)(=O)c1ccc(C)cc1)C2. The maximum Gasteiger partial charge on any atom is 0.243 e. The number of nitrogens with zero attached hydrogens (tertiary/aromatic N) is 1. The molecule has 0 unspecified atom stereocenters. The van der Waals surface area contributed by atoms with Crippen molar-refractivity contribution in [2.75, 3.05) is 20.8 Å². The molecule has 1 atom stereocenters. The molecular formula is C23H27NO4S. The highest BCUT2D eigenvalue weighted by Crippen LogP contribution is 2.49. The summed E-state index contributed by atoms with van der Waals surface area (Å²) in [5.74, 6) is 1.46. The van der Waals surface area contributed by atoms with Crippen LogP contribution in [-0.2, 0) is 22.0 Å². The number of methoxy groups -OCH3 is 2. The van der Waals surface area contributed by atoms with E-state index in [0.29, 0.717) is 23.7 Å². The fourth-order valence-corrected chi connectivity index (χ4v) is 6.11. The van der Waals surface area contributed by atoms with E-state index in [9.17, 15) is 8.42 Å². The summed E-state index contributed by atoms with van der Waals surface area (Å²) in [5.41, 5.74) is 2.83. The number of allylic oxidation sites excluding steroid dienone is 2. The van der Waals surface area contributed by atoms with E-state index in [2.05, 4.69) is 12.2 Å². The molecule has 4 rings (SSSR count). The molecule has 2 aliphatic rings. The van der Waals surface area contributed by atoms with E-state index in [0.717, 1.165) is 41.7 Å². The van der Waals surface area contributed by atoms with Crippen molar-refractivity contribution < 1.29 is 17.9 Å². The van der Waals surface area contributed by atoms with Crippen molar-refractivity contribution in [3.05, 3.63) is 65.2 Å². The van der Waals surface area contributed by atoms with Crippen LogP contribution in [0.15, 0.2) is 53.4 Å². The quantitative estimate of drug-likeness (QED) is 0.705. The fraction of sp³-hybridized carbons (Fsp3) is 0.391. The van der Waals surface area contributed by atoms with E-state index in [1.807, 2.05) is 31.2 Å². The fourth-order valence-electron chi connectivity index (χ4n) is 4.60. The zero-order valence-corrected chi connectivity index (χ0v) is 18.0. The van der Waals surface area contributed by atoms with Crippen LogP contribution >= 0.6 is 0 Å². The zero-order chi connectivity index (χ0) is 20.6. The summed E-state index contributed by atoms with van der Waals surface area (Å²) in [6.45, 7) is 2.71. The Hall–Kier alpha value is -2.31. The summed E-state index contributed by atoms with van der Waals surface area (Å²) in [6, 6.07) is 10.9. The van der Waals surface area contributed by atoms with Gasteiger partial charge in [-0.1, -0.05) is 29.8 Å². The number of hydrogen-bond acceptors (Lipinski definition) is 4. The number of benzene rings is 2. The normalized spacial score (nSPS) is 21.8. The number of fused-ring (bicyclic) bond motifs is 2. The van der Waals surface area contributed by atoms with E-state index in [1.165, 1.54) is 0 Å². The predicted octanol–water partition coefficient (Wildman–Crippen LogP) is 4.19. The minimum Gasteiger partial charge on any atom is -0.497 e. The predicted molar refractivity (Wildman–Crippen MR) is 113 cm³/mol. The van der Waals surface area contributed by atoms with Crippen LogP contribution in [0.2, 0.25) is 0 Å². The molecule has 154 valence electrons. The second-order valence-electron chi connectivity index (χ2n) is 7.94. The van der Waals surface area contributed by atoms with Crippen molar-refractivity contribution in [1.29, 1.82) is 0 Å². The number of aryl methyl sites for hydroxylation is 1. The Kier molecular flexibility index (Phi) is 5.17. The van der Waals surface area contributed by atoms with Gasteiger partial charge in [0.05, 0.1) is 19.1 Å². The molecule has 2 aromatic carbocycles. The number of sulfonamides is 1. The average Bonchev–Trinajstić information content (AvgIpc) is 2.73. The molecule has 0 saturated carbocycles. The molecule has 2 aromatic rings. The van der Waals surface area contributed by atoms with Crippen LogP contribution in [0.3, 0.4) is 0 Å². The summed E-state index contributed by atoms with van der Waals surface area (Å²) in [6.07, 6.45) is 6.95. The molecule has 0 amide bonds. The van der Waals surface area contributed by atoms with Gasteiger partial charge in [-0.05, 0) is 49.9 Å². The summed E-state index contributed by atoms with van der Waals surface area (Å²) in [5, 5.41) is 0. The minimum atomic E-state index is -3.61. The molecule has 5 nitrogen and oxygen atoms in total. The highest BCUT2D eigenvalue weighted by Gasteiger charge is 2.45. The zero-order valence-electron chi connectivity index (χ0n) is 17.1. The van der Waals surface area contributed by atoms with Gasteiger partial charge in [-0.3, -0.25) is 0 Å². The third kappa shape index (κ3) is 3.45.